The summed E-state index contributed by atoms with van der Waals surface area (Å²) in [5.41, 5.74) is 0. The molecule has 1 saturated carbocycles. The van der Waals surface area contributed by atoms with Gasteiger partial charge in [-0.1, -0.05) is 32.3 Å². The van der Waals surface area contributed by atoms with Crippen LogP contribution < -0.4 is 10.6 Å². The minimum atomic E-state index is -0.0936. The van der Waals surface area contributed by atoms with Crippen LogP contribution in [0.25, 0.3) is 0 Å². The molecule has 1 rings (SSSR count). The van der Waals surface area contributed by atoms with E-state index in [4.69, 9.17) is 0 Å². The molecule has 86 valence electrons. The third-order valence-corrected chi connectivity index (χ3v) is 2.77. The molecule has 1 fully saturated rings. The number of carbonyl (C=O) groups is 1. The smallest absolute Gasteiger partial charge is 0.318 e. The molecule has 0 heterocycles. The van der Waals surface area contributed by atoms with Crippen molar-refractivity contribution >= 4 is 6.03 Å². The second kappa shape index (κ2) is 7.32. The predicted molar refractivity (Wildman–Crippen MR) is 62.5 cm³/mol. The van der Waals surface area contributed by atoms with Gasteiger partial charge in [0.1, 0.15) is 0 Å². The summed E-state index contributed by atoms with van der Waals surface area (Å²) in [6.07, 6.45) is 11.5. The van der Waals surface area contributed by atoms with Gasteiger partial charge in [0.15, 0.2) is 0 Å². The van der Waals surface area contributed by atoms with Gasteiger partial charge in [0.25, 0.3) is 0 Å². The molecule has 0 spiro atoms. The first-order valence-electron chi connectivity index (χ1n) is 6.04. The van der Waals surface area contributed by atoms with E-state index in [1.807, 2.05) is 6.92 Å². The maximum Gasteiger partial charge on any atom is 0.318 e. The topological polar surface area (TPSA) is 41.1 Å². The van der Waals surface area contributed by atoms with Crippen molar-refractivity contribution in [2.75, 3.05) is 6.54 Å². The summed E-state index contributed by atoms with van der Waals surface area (Å²) in [7, 11) is 0. The van der Waals surface area contributed by atoms with Crippen LogP contribution in [0.1, 0.15) is 45.4 Å². The van der Waals surface area contributed by atoms with E-state index in [0.29, 0.717) is 5.92 Å². The second-order valence-electron chi connectivity index (χ2n) is 4.16. The van der Waals surface area contributed by atoms with E-state index in [1.54, 1.807) is 6.20 Å². The highest BCUT2D eigenvalue weighted by molar-refractivity contribution is 5.74. The lowest BCUT2D eigenvalue weighted by Crippen LogP contribution is -2.32. The molecule has 2 N–H and O–H groups in total. The first kappa shape index (κ1) is 12.1. The zero-order chi connectivity index (χ0) is 10.9. The first-order chi connectivity index (χ1) is 7.33. The van der Waals surface area contributed by atoms with Crippen LogP contribution in [0.5, 0.6) is 0 Å². The van der Waals surface area contributed by atoms with Crippen LogP contribution in [0, 0.1) is 5.92 Å². The SMILES string of the molecule is CCCNC(=O)N/C=C/C1CCCCC1. The molecule has 0 atom stereocenters. The fraction of sp³-hybridized carbons (Fsp3) is 0.750. The monoisotopic (exact) mass is 210 g/mol. The van der Waals surface area contributed by atoms with Crippen molar-refractivity contribution in [1.82, 2.24) is 10.6 Å². The van der Waals surface area contributed by atoms with E-state index >= 15 is 0 Å². The van der Waals surface area contributed by atoms with Gasteiger partial charge in [-0.05, 0) is 25.2 Å². The highest BCUT2D eigenvalue weighted by Gasteiger charge is 2.09. The number of hydrogen-bond acceptors (Lipinski definition) is 1. The third kappa shape index (κ3) is 5.45. The number of nitrogens with one attached hydrogen (secondary N) is 2. The van der Waals surface area contributed by atoms with E-state index in [2.05, 4.69) is 16.7 Å². The van der Waals surface area contributed by atoms with E-state index in [9.17, 15) is 4.79 Å². The van der Waals surface area contributed by atoms with Crippen molar-refractivity contribution in [3.63, 3.8) is 0 Å². The molecule has 0 aromatic rings. The molecule has 0 aliphatic heterocycles. The Balaban J connectivity index is 2.11. The van der Waals surface area contributed by atoms with Crippen molar-refractivity contribution in [3.8, 4) is 0 Å². The van der Waals surface area contributed by atoms with Crippen molar-refractivity contribution in [2.24, 2.45) is 5.92 Å². The standard InChI is InChI=1S/C12H22N2O/c1-2-9-13-12(15)14-10-8-11-6-4-3-5-7-11/h8,10-11H,2-7,9H2,1H3,(H2,13,14,15)/b10-8+. The molecule has 0 aromatic heterocycles. The summed E-state index contributed by atoms with van der Waals surface area (Å²) < 4.78 is 0. The molecule has 15 heavy (non-hydrogen) atoms. The van der Waals surface area contributed by atoms with Gasteiger partial charge in [0.2, 0.25) is 0 Å². The van der Waals surface area contributed by atoms with Crippen LogP contribution >= 0.6 is 0 Å². The number of rotatable bonds is 4. The second-order valence-corrected chi connectivity index (χ2v) is 4.16. The molecule has 0 radical (unpaired) electrons. The molecular formula is C12H22N2O. The van der Waals surface area contributed by atoms with Gasteiger partial charge in [-0.25, -0.2) is 4.79 Å². The van der Waals surface area contributed by atoms with Gasteiger partial charge < -0.3 is 10.6 Å². The maximum absolute atomic E-state index is 11.2. The molecule has 0 aromatic carbocycles. The fourth-order valence-electron chi connectivity index (χ4n) is 1.88. The average molecular weight is 210 g/mol. The minimum absolute atomic E-state index is 0.0936. The van der Waals surface area contributed by atoms with Crippen LogP contribution in [-0.4, -0.2) is 12.6 Å². The van der Waals surface area contributed by atoms with Gasteiger partial charge in [-0.2, -0.15) is 0 Å². The normalized spacial score (nSPS) is 17.9. The largest absolute Gasteiger partial charge is 0.338 e. The lowest BCUT2D eigenvalue weighted by molar-refractivity contribution is 0.244. The summed E-state index contributed by atoms with van der Waals surface area (Å²) in [4.78, 5) is 11.2. The summed E-state index contributed by atoms with van der Waals surface area (Å²) in [5.74, 6) is 0.672. The molecule has 1 aliphatic carbocycles. The zero-order valence-corrected chi connectivity index (χ0v) is 9.59. The summed E-state index contributed by atoms with van der Waals surface area (Å²) in [5, 5.41) is 5.50. The molecule has 0 saturated heterocycles. The number of amides is 2. The molecule has 3 nitrogen and oxygen atoms in total. The van der Waals surface area contributed by atoms with Crippen LogP contribution in [0.2, 0.25) is 0 Å². The van der Waals surface area contributed by atoms with E-state index in [-0.39, 0.29) is 6.03 Å². The molecule has 3 heteroatoms. The van der Waals surface area contributed by atoms with Crippen LogP contribution in [0.15, 0.2) is 12.3 Å². The Kier molecular flexibility index (Phi) is 5.90. The Morgan fingerprint density at radius 2 is 2.07 bits per heavy atom. The number of carbonyl (C=O) groups excluding carboxylic acids is 1. The summed E-state index contributed by atoms with van der Waals surface area (Å²) in [6.45, 7) is 2.78. The highest BCUT2D eigenvalue weighted by Crippen LogP contribution is 2.24. The van der Waals surface area contributed by atoms with Gasteiger partial charge in [-0.3, -0.25) is 0 Å². The third-order valence-electron chi connectivity index (χ3n) is 2.77. The van der Waals surface area contributed by atoms with Crippen molar-refractivity contribution in [1.29, 1.82) is 0 Å². The Morgan fingerprint density at radius 1 is 1.33 bits per heavy atom. The Bertz CT molecular complexity index is 208. The van der Waals surface area contributed by atoms with Crippen LogP contribution in [-0.2, 0) is 0 Å². The zero-order valence-electron chi connectivity index (χ0n) is 9.59. The van der Waals surface area contributed by atoms with E-state index in [0.717, 1.165) is 13.0 Å². The number of urea groups is 1. The quantitative estimate of drug-likeness (QED) is 0.736. The maximum atomic E-state index is 11.2. The highest BCUT2D eigenvalue weighted by atomic mass is 16.2. The molecule has 0 bridgehead atoms. The fourth-order valence-corrected chi connectivity index (χ4v) is 1.88. The van der Waals surface area contributed by atoms with Crippen molar-refractivity contribution in [2.45, 2.75) is 45.4 Å². The van der Waals surface area contributed by atoms with Gasteiger partial charge in [0.05, 0.1) is 0 Å². The van der Waals surface area contributed by atoms with Crippen molar-refractivity contribution in [3.05, 3.63) is 12.3 Å². The summed E-state index contributed by atoms with van der Waals surface area (Å²) >= 11 is 0. The van der Waals surface area contributed by atoms with Gasteiger partial charge in [0, 0.05) is 12.7 Å². The Labute approximate surface area is 92.3 Å². The lowest BCUT2D eigenvalue weighted by atomic mass is 9.89. The van der Waals surface area contributed by atoms with E-state index in [1.165, 1.54) is 32.1 Å². The number of allylic oxidation sites excluding steroid dienone is 1. The van der Waals surface area contributed by atoms with Crippen LogP contribution in [0.4, 0.5) is 4.79 Å². The van der Waals surface area contributed by atoms with E-state index < -0.39 is 0 Å². The van der Waals surface area contributed by atoms with Crippen LogP contribution in [0.3, 0.4) is 0 Å². The minimum Gasteiger partial charge on any atom is -0.338 e. The molecule has 2 amide bonds. The molecular weight excluding hydrogens is 188 g/mol. The number of hydrogen-bond donors (Lipinski definition) is 2. The molecule has 1 aliphatic rings. The molecule has 0 unspecified atom stereocenters. The summed E-state index contributed by atoms with van der Waals surface area (Å²) in [6, 6.07) is -0.0936. The predicted octanol–water partition coefficient (Wildman–Crippen LogP) is 2.79. The lowest BCUT2D eigenvalue weighted by Gasteiger charge is -2.17. The van der Waals surface area contributed by atoms with Gasteiger partial charge in [-0.15, -0.1) is 0 Å². The Morgan fingerprint density at radius 3 is 2.73 bits per heavy atom. The average Bonchev–Trinajstić information content (AvgIpc) is 2.28. The van der Waals surface area contributed by atoms with Crippen molar-refractivity contribution < 1.29 is 4.79 Å². The Hall–Kier alpha value is -0.990. The van der Waals surface area contributed by atoms with Gasteiger partial charge >= 0.3 is 6.03 Å². The first-order valence-corrected chi connectivity index (χ1v) is 6.04.